The van der Waals surface area contributed by atoms with Crippen LogP contribution in [0.15, 0.2) is 4.99 Å². The van der Waals surface area contributed by atoms with Crippen molar-refractivity contribution in [2.75, 3.05) is 33.4 Å². The molecule has 0 radical (unpaired) electrons. The Bertz CT molecular complexity index is 324. The van der Waals surface area contributed by atoms with Crippen molar-refractivity contribution in [3.05, 3.63) is 0 Å². The predicted octanol–water partition coefficient (Wildman–Crippen LogP) is 2.89. The van der Waals surface area contributed by atoms with Gasteiger partial charge in [-0.2, -0.15) is 0 Å². The number of hydrogen-bond donors (Lipinski definition) is 1. The van der Waals surface area contributed by atoms with Gasteiger partial charge in [0.05, 0.1) is 0 Å². The number of nitrogens with one attached hydrogen (secondary N) is 1. The van der Waals surface area contributed by atoms with E-state index < -0.39 is 0 Å². The highest BCUT2D eigenvalue weighted by Crippen LogP contribution is 2.46. The van der Waals surface area contributed by atoms with Crippen molar-refractivity contribution >= 4 is 5.96 Å². The minimum atomic E-state index is 0.159. The average Bonchev–Trinajstić information content (AvgIpc) is 2.40. The Morgan fingerprint density at radius 2 is 1.85 bits per heavy atom. The van der Waals surface area contributed by atoms with Crippen molar-refractivity contribution in [2.24, 2.45) is 10.4 Å². The van der Waals surface area contributed by atoms with Crippen LogP contribution >= 0.6 is 0 Å². The Morgan fingerprint density at radius 1 is 1.20 bits per heavy atom. The first-order valence-corrected chi connectivity index (χ1v) is 7.93. The molecule has 4 nitrogen and oxygen atoms in total. The van der Waals surface area contributed by atoms with Crippen molar-refractivity contribution in [2.45, 2.75) is 59.4 Å². The molecule has 1 saturated heterocycles. The van der Waals surface area contributed by atoms with E-state index >= 15 is 0 Å². The van der Waals surface area contributed by atoms with Crippen molar-refractivity contribution in [3.8, 4) is 0 Å². The molecule has 0 aromatic rings. The lowest BCUT2D eigenvalue weighted by Gasteiger charge is -2.62. The quantitative estimate of drug-likeness (QED) is 0.443. The van der Waals surface area contributed by atoms with Gasteiger partial charge in [-0.3, -0.25) is 4.99 Å². The molecule has 0 aromatic heterocycles. The molecule has 0 saturated carbocycles. The van der Waals surface area contributed by atoms with Crippen LogP contribution in [0.5, 0.6) is 0 Å². The summed E-state index contributed by atoms with van der Waals surface area (Å²) in [6, 6.07) is 0. The first kappa shape index (κ1) is 17.3. The van der Waals surface area contributed by atoms with Crippen molar-refractivity contribution in [1.29, 1.82) is 0 Å². The summed E-state index contributed by atoms with van der Waals surface area (Å²) < 4.78 is 5.57. The lowest BCUT2D eigenvalue weighted by Crippen LogP contribution is -2.72. The highest BCUT2D eigenvalue weighted by molar-refractivity contribution is 5.81. The van der Waals surface area contributed by atoms with Crippen molar-refractivity contribution < 1.29 is 4.74 Å². The highest BCUT2D eigenvalue weighted by atomic mass is 16.5. The van der Waals surface area contributed by atoms with E-state index in [1.165, 1.54) is 6.42 Å². The number of unbranched alkanes of at least 4 members (excludes halogenated alkanes) is 1. The summed E-state index contributed by atoms with van der Waals surface area (Å²) >= 11 is 0. The molecule has 1 aliphatic heterocycles. The molecule has 4 heteroatoms. The highest BCUT2D eigenvalue weighted by Gasteiger charge is 2.53. The molecule has 0 unspecified atom stereocenters. The van der Waals surface area contributed by atoms with E-state index in [2.05, 4.69) is 49.8 Å². The Balaban J connectivity index is 2.25. The third-order valence-electron chi connectivity index (χ3n) is 4.74. The molecule has 1 aliphatic rings. The standard InChI is InChI=1S/C16H33N3O/c1-7-8-11-20-12-9-10-18-14(17-6)19-13-15(2,3)16(19,4)5/h7-13H2,1-6H3,(H,17,18). The minimum Gasteiger partial charge on any atom is -0.381 e. The first-order chi connectivity index (χ1) is 9.36. The van der Waals surface area contributed by atoms with E-state index in [9.17, 15) is 0 Å². The van der Waals surface area contributed by atoms with Gasteiger partial charge in [-0.25, -0.2) is 0 Å². The normalized spacial score (nSPS) is 20.7. The largest absolute Gasteiger partial charge is 0.381 e. The number of hydrogen-bond acceptors (Lipinski definition) is 2. The molecule has 1 heterocycles. The molecule has 1 N–H and O–H groups in total. The fourth-order valence-electron chi connectivity index (χ4n) is 2.42. The number of nitrogens with zero attached hydrogens (tertiary/aromatic N) is 2. The van der Waals surface area contributed by atoms with E-state index in [0.29, 0.717) is 5.41 Å². The molecule has 0 aliphatic carbocycles. The van der Waals surface area contributed by atoms with Crippen LogP contribution in [0, 0.1) is 5.41 Å². The zero-order valence-electron chi connectivity index (χ0n) is 14.3. The van der Waals surface area contributed by atoms with E-state index in [1.807, 2.05) is 7.05 Å². The maximum absolute atomic E-state index is 5.57. The van der Waals surface area contributed by atoms with Crippen LogP contribution in [0.1, 0.15) is 53.9 Å². The molecule has 0 aromatic carbocycles. The number of aliphatic imine (C=N–C) groups is 1. The molecule has 1 rings (SSSR count). The molecule has 0 spiro atoms. The number of rotatable bonds is 7. The molecule has 0 bridgehead atoms. The first-order valence-electron chi connectivity index (χ1n) is 7.93. The number of guanidine groups is 1. The summed E-state index contributed by atoms with van der Waals surface area (Å²) in [6.07, 6.45) is 3.39. The van der Waals surface area contributed by atoms with E-state index in [1.54, 1.807) is 0 Å². The maximum Gasteiger partial charge on any atom is 0.194 e. The SMILES string of the molecule is CCCCOCCCNC(=NC)N1CC(C)(C)C1(C)C. The van der Waals surface area contributed by atoms with Crippen LogP contribution in [-0.4, -0.2) is 49.7 Å². The van der Waals surface area contributed by atoms with Crippen LogP contribution in [0.2, 0.25) is 0 Å². The van der Waals surface area contributed by atoms with Gasteiger partial charge in [0.2, 0.25) is 0 Å². The summed E-state index contributed by atoms with van der Waals surface area (Å²) in [5.41, 5.74) is 0.500. The third kappa shape index (κ3) is 3.87. The second kappa shape index (κ2) is 7.30. The van der Waals surface area contributed by atoms with Gasteiger partial charge >= 0.3 is 0 Å². The Kier molecular flexibility index (Phi) is 6.31. The van der Waals surface area contributed by atoms with Crippen LogP contribution < -0.4 is 5.32 Å². The summed E-state index contributed by atoms with van der Waals surface area (Å²) in [6.45, 7) is 15.1. The molecular formula is C16H33N3O. The Hall–Kier alpha value is -0.770. The van der Waals surface area contributed by atoms with Gasteiger partial charge < -0.3 is 15.0 Å². The van der Waals surface area contributed by atoms with Gasteiger partial charge in [0.25, 0.3) is 0 Å². The topological polar surface area (TPSA) is 36.9 Å². The lowest BCUT2D eigenvalue weighted by atomic mass is 9.65. The van der Waals surface area contributed by atoms with Crippen LogP contribution in [-0.2, 0) is 4.74 Å². The van der Waals surface area contributed by atoms with Crippen LogP contribution in [0.4, 0.5) is 0 Å². The fraction of sp³-hybridized carbons (Fsp3) is 0.938. The zero-order valence-corrected chi connectivity index (χ0v) is 14.3. The monoisotopic (exact) mass is 283 g/mol. The van der Waals surface area contributed by atoms with Crippen molar-refractivity contribution in [3.63, 3.8) is 0 Å². The molecule has 1 fully saturated rings. The van der Waals surface area contributed by atoms with Crippen LogP contribution in [0.25, 0.3) is 0 Å². The summed E-state index contributed by atoms with van der Waals surface area (Å²) in [5.74, 6) is 1.02. The minimum absolute atomic E-state index is 0.159. The smallest absolute Gasteiger partial charge is 0.194 e. The van der Waals surface area contributed by atoms with Gasteiger partial charge in [0.15, 0.2) is 5.96 Å². The number of likely N-dealkylation sites (tertiary alicyclic amines) is 1. The summed E-state index contributed by atoms with van der Waals surface area (Å²) in [4.78, 5) is 6.78. The fourth-order valence-corrected chi connectivity index (χ4v) is 2.42. The van der Waals surface area contributed by atoms with E-state index in [0.717, 1.165) is 45.1 Å². The zero-order chi connectivity index (χ0) is 15.2. The summed E-state index contributed by atoms with van der Waals surface area (Å²) in [7, 11) is 1.86. The second-order valence-corrected chi connectivity index (χ2v) is 6.82. The summed E-state index contributed by atoms with van der Waals surface area (Å²) in [5, 5.41) is 3.45. The molecule has 0 atom stereocenters. The average molecular weight is 283 g/mol. The third-order valence-corrected chi connectivity index (χ3v) is 4.74. The second-order valence-electron chi connectivity index (χ2n) is 6.82. The van der Waals surface area contributed by atoms with Gasteiger partial charge in [-0.05, 0) is 26.7 Å². The molecular weight excluding hydrogens is 250 g/mol. The predicted molar refractivity (Wildman–Crippen MR) is 86.3 cm³/mol. The molecule has 0 amide bonds. The lowest BCUT2D eigenvalue weighted by molar-refractivity contribution is -0.0667. The van der Waals surface area contributed by atoms with E-state index in [4.69, 9.17) is 4.74 Å². The molecule has 118 valence electrons. The van der Waals surface area contributed by atoms with Gasteiger partial charge in [0.1, 0.15) is 0 Å². The van der Waals surface area contributed by atoms with E-state index in [-0.39, 0.29) is 5.54 Å². The van der Waals surface area contributed by atoms with Gasteiger partial charge in [-0.1, -0.05) is 27.2 Å². The van der Waals surface area contributed by atoms with Gasteiger partial charge in [-0.15, -0.1) is 0 Å². The molecule has 20 heavy (non-hydrogen) atoms. The number of ether oxygens (including phenoxy) is 1. The van der Waals surface area contributed by atoms with Gasteiger partial charge in [0, 0.05) is 44.3 Å². The Labute approximate surface area is 125 Å². The maximum atomic E-state index is 5.57. The Morgan fingerprint density at radius 3 is 2.35 bits per heavy atom. The van der Waals surface area contributed by atoms with Crippen molar-refractivity contribution in [1.82, 2.24) is 10.2 Å². The van der Waals surface area contributed by atoms with Crippen LogP contribution in [0.3, 0.4) is 0 Å².